The molecule has 0 aliphatic carbocycles. The highest BCUT2D eigenvalue weighted by molar-refractivity contribution is 7.18. The normalized spacial score (nSPS) is 11.1. The highest BCUT2D eigenvalue weighted by atomic mass is 32.1. The summed E-state index contributed by atoms with van der Waals surface area (Å²) in [7, 11) is 0. The minimum atomic E-state index is -0.307. The largest absolute Gasteiger partial charge is 0.383 e. The van der Waals surface area contributed by atoms with Crippen molar-refractivity contribution in [3.8, 4) is 11.4 Å². The molecule has 0 saturated carbocycles. The van der Waals surface area contributed by atoms with E-state index in [0.717, 1.165) is 15.8 Å². The standard InChI is InChI=1S/C14H12FN3S/c1-7-8(2)19-14-11(7)12(16)17-13(18-14)9-4-3-5-10(15)6-9/h3-6H,1-2H3,(H2,16,17,18). The molecule has 3 aromatic rings. The Hall–Kier alpha value is -2.01. The van der Waals surface area contributed by atoms with Gasteiger partial charge in [0.15, 0.2) is 5.82 Å². The molecule has 0 aliphatic rings. The summed E-state index contributed by atoms with van der Waals surface area (Å²) in [5.41, 5.74) is 7.76. The second-order valence-corrected chi connectivity index (χ2v) is 5.61. The average molecular weight is 273 g/mol. The van der Waals surface area contributed by atoms with Crippen LogP contribution in [0.4, 0.5) is 10.2 Å². The van der Waals surface area contributed by atoms with Gasteiger partial charge < -0.3 is 5.73 Å². The fraction of sp³-hybridized carbons (Fsp3) is 0.143. The molecule has 0 bridgehead atoms. The average Bonchev–Trinajstić information content (AvgIpc) is 2.65. The molecule has 96 valence electrons. The Morgan fingerprint density at radius 3 is 2.74 bits per heavy atom. The summed E-state index contributed by atoms with van der Waals surface area (Å²) in [6.07, 6.45) is 0. The zero-order chi connectivity index (χ0) is 13.6. The van der Waals surface area contributed by atoms with Crippen molar-refractivity contribution in [1.82, 2.24) is 9.97 Å². The van der Waals surface area contributed by atoms with Gasteiger partial charge in [-0.25, -0.2) is 14.4 Å². The van der Waals surface area contributed by atoms with E-state index in [0.29, 0.717) is 17.2 Å². The van der Waals surface area contributed by atoms with Crippen molar-refractivity contribution >= 4 is 27.4 Å². The lowest BCUT2D eigenvalue weighted by Gasteiger charge is -2.03. The molecule has 0 spiro atoms. The van der Waals surface area contributed by atoms with E-state index >= 15 is 0 Å². The number of aromatic nitrogens is 2. The van der Waals surface area contributed by atoms with E-state index < -0.39 is 0 Å². The molecule has 5 heteroatoms. The van der Waals surface area contributed by atoms with Crippen molar-refractivity contribution in [3.05, 3.63) is 40.5 Å². The molecule has 2 aromatic heterocycles. The van der Waals surface area contributed by atoms with Crippen LogP contribution < -0.4 is 5.73 Å². The van der Waals surface area contributed by atoms with E-state index in [2.05, 4.69) is 9.97 Å². The number of hydrogen-bond acceptors (Lipinski definition) is 4. The van der Waals surface area contributed by atoms with Crippen LogP contribution in [0.15, 0.2) is 24.3 Å². The second kappa shape index (κ2) is 4.28. The first kappa shape index (κ1) is 12.0. The van der Waals surface area contributed by atoms with Gasteiger partial charge >= 0.3 is 0 Å². The molecule has 2 heterocycles. The number of nitrogens with zero attached hydrogens (tertiary/aromatic N) is 2. The summed E-state index contributed by atoms with van der Waals surface area (Å²) in [6, 6.07) is 6.22. The van der Waals surface area contributed by atoms with Crippen LogP contribution in [0.2, 0.25) is 0 Å². The number of aryl methyl sites for hydroxylation is 2. The molecule has 0 amide bonds. The molecule has 19 heavy (non-hydrogen) atoms. The smallest absolute Gasteiger partial charge is 0.163 e. The van der Waals surface area contributed by atoms with Crippen LogP contribution in [0, 0.1) is 19.7 Å². The number of fused-ring (bicyclic) bond motifs is 1. The molecule has 1 aromatic carbocycles. The Kier molecular flexibility index (Phi) is 2.71. The number of nitrogen functional groups attached to an aromatic ring is 1. The van der Waals surface area contributed by atoms with Crippen LogP contribution in [-0.2, 0) is 0 Å². The maximum atomic E-state index is 13.3. The number of rotatable bonds is 1. The summed E-state index contributed by atoms with van der Waals surface area (Å²) in [5, 5.41) is 0.905. The lowest BCUT2D eigenvalue weighted by Crippen LogP contribution is -1.97. The molecule has 0 fully saturated rings. The quantitative estimate of drug-likeness (QED) is 0.735. The third kappa shape index (κ3) is 1.96. The molecule has 0 atom stereocenters. The van der Waals surface area contributed by atoms with Gasteiger partial charge in [-0.3, -0.25) is 0 Å². The van der Waals surface area contributed by atoms with Gasteiger partial charge in [-0.05, 0) is 31.5 Å². The Morgan fingerprint density at radius 1 is 1.21 bits per heavy atom. The maximum Gasteiger partial charge on any atom is 0.163 e. The molecule has 0 aliphatic heterocycles. The Morgan fingerprint density at radius 2 is 2.00 bits per heavy atom. The van der Waals surface area contributed by atoms with Gasteiger partial charge in [-0.15, -0.1) is 11.3 Å². The van der Waals surface area contributed by atoms with Crippen LogP contribution in [0.25, 0.3) is 21.6 Å². The van der Waals surface area contributed by atoms with Gasteiger partial charge in [-0.1, -0.05) is 12.1 Å². The fourth-order valence-corrected chi connectivity index (χ4v) is 3.07. The number of halogens is 1. The molecule has 2 N–H and O–H groups in total. The Bertz CT molecular complexity index is 780. The maximum absolute atomic E-state index is 13.3. The van der Waals surface area contributed by atoms with Gasteiger partial charge in [0.2, 0.25) is 0 Å². The van der Waals surface area contributed by atoms with Gasteiger partial charge in [0, 0.05) is 10.4 Å². The topological polar surface area (TPSA) is 51.8 Å². The third-order valence-electron chi connectivity index (χ3n) is 3.14. The Labute approximate surface area is 113 Å². The monoisotopic (exact) mass is 273 g/mol. The minimum absolute atomic E-state index is 0.307. The van der Waals surface area contributed by atoms with E-state index in [-0.39, 0.29) is 5.82 Å². The summed E-state index contributed by atoms with van der Waals surface area (Å²) in [5.74, 6) is 0.607. The molecule has 3 nitrogen and oxygen atoms in total. The van der Waals surface area contributed by atoms with E-state index in [9.17, 15) is 4.39 Å². The van der Waals surface area contributed by atoms with Crippen molar-refractivity contribution in [2.24, 2.45) is 0 Å². The number of anilines is 1. The van der Waals surface area contributed by atoms with Crippen LogP contribution in [0.1, 0.15) is 10.4 Å². The van der Waals surface area contributed by atoms with E-state index in [1.165, 1.54) is 17.0 Å². The highest BCUT2D eigenvalue weighted by Gasteiger charge is 2.13. The zero-order valence-corrected chi connectivity index (χ0v) is 11.4. The molecular formula is C14H12FN3S. The van der Waals surface area contributed by atoms with E-state index in [4.69, 9.17) is 5.73 Å². The van der Waals surface area contributed by atoms with Gasteiger partial charge in [0.1, 0.15) is 16.5 Å². The number of benzene rings is 1. The first-order valence-corrected chi connectivity index (χ1v) is 6.67. The van der Waals surface area contributed by atoms with Crippen LogP contribution in [0.3, 0.4) is 0 Å². The van der Waals surface area contributed by atoms with Crippen LogP contribution in [0.5, 0.6) is 0 Å². The van der Waals surface area contributed by atoms with Gasteiger partial charge in [0.25, 0.3) is 0 Å². The van der Waals surface area contributed by atoms with Crippen LogP contribution in [-0.4, -0.2) is 9.97 Å². The van der Waals surface area contributed by atoms with Crippen molar-refractivity contribution < 1.29 is 4.39 Å². The lowest BCUT2D eigenvalue weighted by atomic mass is 10.2. The first-order valence-electron chi connectivity index (χ1n) is 5.85. The first-order chi connectivity index (χ1) is 9.06. The van der Waals surface area contributed by atoms with Crippen LogP contribution >= 0.6 is 11.3 Å². The fourth-order valence-electron chi connectivity index (χ4n) is 2.04. The Balaban J connectivity index is 2.27. The van der Waals surface area contributed by atoms with E-state index in [1.807, 2.05) is 13.8 Å². The van der Waals surface area contributed by atoms with Crippen molar-refractivity contribution in [2.45, 2.75) is 13.8 Å². The SMILES string of the molecule is Cc1sc2nc(-c3cccc(F)c3)nc(N)c2c1C. The van der Waals surface area contributed by atoms with Crippen molar-refractivity contribution in [1.29, 1.82) is 0 Å². The summed E-state index contributed by atoms with van der Waals surface area (Å²) in [6.45, 7) is 4.04. The highest BCUT2D eigenvalue weighted by Crippen LogP contribution is 2.33. The van der Waals surface area contributed by atoms with Crippen molar-refractivity contribution in [2.75, 3.05) is 5.73 Å². The predicted molar refractivity (Wildman–Crippen MR) is 76.7 cm³/mol. The molecule has 0 unspecified atom stereocenters. The van der Waals surface area contributed by atoms with Gasteiger partial charge in [0.05, 0.1) is 5.39 Å². The lowest BCUT2D eigenvalue weighted by molar-refractivity contribution is 0.628. The molecule has 0 saturated heterocycles. The molecule has 3 rings (SSSR count). The number of nitrogens with two attached hydrogens (primary N) is 1. The van der Waals surface area contributed by atoms with E-state index in [1.54, 1.807) is 23.5 Å². The summed E-state index contributed by atoms with van der Waals surface area (Å²) in [4.78, 5) is 10.8. The van der Waals surface area contributed by atoms with Crippen molar-refractivity contribution in [3.63, 3.8) is 0 Å². The summed E-state index contributed by atoms with van der Waals surface area (Å²) < 4.78 is 13.3. The summed E-state index contributed by atoms with van der Waals surface area (Å²) >= 11 is 1.58. The minimum Gasteiger partial charge on any atom is -0.383 e. The molecule has 0 radical (unpaired) electrons. The van der Waals surface area contributed by atoms with Gasteiger partial charge in [-0.2, -0.15) is 0 Å². The number of hydrogen-bond donors (Lipinski definition) is 1. The second-order valence-electron chi connectivity index (χ2n) is 4.41. The zero-order valence-electron chi connectivity index (χ0n) is 10.6. The third-order valence-corrected chi connectivity index (χ3v) is 4.24. The predicted octanol–water partition coefficient (Wildman–Crippen LogP) is 3.70. The molecular weight excluding hydrogens is 261 g/mol. The number of thiophene rings is 1.